The Labute approximate surface area is 102 Å². The zero-order valence-corrected chi connectivity index (χ0v) is 13.3. The van der Waals surface area contributed by atoms with Crippen LogP contribution in [0, 0.1) is 0 Å². The molecule has 0 aliphatic carbocycles. The van der Waals surface area contributed by atoms with Crippen LogP contribution in [0.4, 0.5) is 0 Å². The van der Waals surface area contributed by atoms with E-state index in [0.717, 1.165) is 0 Å². The Morgan fingerprint density at radius 2 is 1.60 bits per heavy atom. The quantitative estimate of drug-likeness (QED) is 0.479. The molecule has 0 unspecified atom stereocenters. The Bertz CT molecular complexity index is 152. The predicted molar refractivity (Wildman–Crippen MR) is 66.6 cm³/mol. The summed E-state index contributed by atoms with van der Waals surface area (Å²) >= 11 is -1.17. The first-order chi connectivity index (χ1) is 7.20. The molecule has 0 aliphatic rings. The van der Waals surface area contributed by atoms with E-state index < -0.39 is 19.8 Å². The summed E-state index contributed by atoms with van der Waals surface area (Å²) in [6, 6.07) is 0. The van der Waals surface area contributed by atoms with Gasteiger partial charge in [-0.1, -0.05) is 0 Å². The number of hydrogen-bond donors (Lipinski definition) is 0. The average Bonchev–Trinajstić information content (AvgIpc) is 2.20. The van der Waals surface area contributed by atoms with Gasteiger partial charge >= 0.3 is 102 Å². The molecule has 0 aromatic rings. The third-order valence-corrected chi connectivity index (χ3v) is 11.2. The zero-order valence-electron chi connectivity index (χ0n) is 10.5. The number of hydrogen-bond acceptors (Lipinski definition) is 2. The van der Waals surface area contributed by atoms with Crippen molar-refractivity contribution < 1.29 is 9.53 Å². The molecule has 0 amide bonds. The fraction of sp³-hybridized carbons (Fsp3) is 0.917. The van der Waals surface area contributed by atoms with Crippen molar-refractivity contribution in [3.8, 4) is 0 Å². The van der Waals surface area contributed by atoms with E-state index in [2.05, 4.69) is 13.8 Å². The molecule has 0 fully saturated rings. The Hall–Kier alpha value is 0.269. The SMILES string of the molecule is CCC[CH2][Sn]([CH2]CCC)[CH2]COC(C)=O. The Morgan fingerprint density at radius 3 is 2.00 bits per heavy atom. The molecule has 0 saturated carbocycles. The van der Waals surface area contributed by atoms with Crippen molar-refractivity contribution in [3.63, 3.8) is 0 Å². The topological polar surface area (TPSA) is 26.3 Å². The zero-order chi connectivity index (χ0) is 11.5. The molecule has 0 atom stereocenters. The first-order valence-electron chi connectivity index (χ1n) is 6.17. The second-order valence-corrected chi connectivity index (χ2v) is 12.6. The van der Waals surface area contributed by atoms with E-state index in [-0.39, 0.29) is 5.97 Å². The molecule has 3 heteroatoms. The average molecular weight is 320 g/mol. The molecule has 0 aromatic heterocycles. The van der Waals surface area contributed by atoms with Gasteiger partial charge in [-0.15, -0.1) is 0 Å². The maximum atomic E-state index is 10.7. The summed E-state index contributed by atoms with van der Waals surface area (Å²) < 4.78 is 9.25. The normalized spacial score (nSPS) is 10.7. The molecular weight excluding hydrogens is 295 g/mol. The Balaban J connectivity index is 3.63. The molecule has 0 bridgehead atoms. The summed E-state index contributed by atoms with van der Waals surface area (Å²) in [7, 11) is 0. The van der Waals surface area contributed by atoms with Crippen LogP contribution in [-0.2, 0) is 9.53 Å². The Morgan fingerprint density at radius 1 is 1.07 bits per heavy atom. The van der Waals surface area contributed by atoms with Crippen molar-refractivity contribution in [2.24, 2.45) is 0 Å². The molecular formula is C12H25O2Sn. The molecule has 1 radical (unpaired) electrons. The summed E-state index contributed by atoms with van der Waals surface area (Å²) in [6.07, 6.45) is 5.39. The summed E-state index contributed by atoms with van der Waals surface area (Å²) in [6.45, 7) is 6.71. The number of carbonyl (C=O) groups is 1. The van der Waals surface area contributed by atoms with Gasteiger partial charge in [-0.3, -0.25) is 0 Å². The minimum atomic E-state index is -1.17. The van der Waals surface area contributed by atoms with Crippen LogP contribution in [0.25, 0.3) is 0 Å². The van der Waals surface area contributed by atoms with Crippen molar-refractivity contribution in [3.05, 3.63) is 0 Å². The summed E-state index contributed by atoms with van der Waals surface area (Å²) in [5.74, 6) is -0.122. The van der Waals surface area contributed by atoms with Gasteiger partial charge < -0.3 is 0 Å². The van der Waals surface area contributed by atoms with Crippen LogP contribution in [0.2, 0.25) is 13.3 Å². The van der Waals surface area contributed by atoms with Crippen LogP contribution < -0.4 is 0 Å². The van der Waals surface area contributed by atoms with E-state index in [4.69, 9.17) is 4.74 Å². The van der Waals surface area contributed by atoms with Crippen molar-refractivity contribution in [2.75, 3.05) is 6.61 Å². The number of rotatable bonds is 9. The molecule has 0 N–H and O–H groups in total. The second-order valence-electron chi connectivity index (χ2n) is 4.05. The first kappa shape index (κ1) is 15.3. The van der Waals surface area contributed by atoms with E-state index in [9.17, 15) is 4.79 Å². The van der Waals surface area contributed by atoms with Crippen LogP contribution in [0.3, 0.4) is 0 Å². The van der Waals surface area contributed by atoms with Gasteiger partial charge in [0.1, 0.15) is 0 Å². The van der Waals surface area contributed by atoms with Crippen molar-refractivity contribution >= 4 is 25.7 Å². The number of carbonyl (C=O) groups excluding carboxylic acids is 1. The van der Waals surface area contributed by atoms with E-state index in [1.807, 2.05) is 0 Å². The summed E-state index contributed by atoms with van der Waals surface area (Å²) in [5, 5.41) is 0. The molecule has 0 rings (SSSR count). The van der Waals surface area contributed by atoms with Gasteiger partial charge in [0.2, 0.25) is 0 Å². The molecule has 2 nitrogen and oxygen atoms in total. The van der Waals surface area contributed by atoms with E-state index in [1.54, 1.807) is 0 Å². The van der Waals surface area contributed by atoms with E-state index in [0.29, 0.717) is 6.61 Å². The van der Waals surface area contributed by atoms with Crippen LogP contribution >= 0.6 is 0 Å². The molecule has 0 spiro atoms. The van der Waals surface area contributed by atoms with Gasteiger partial charge in [0.25, 0.3) is 0 Å². The van der Waals surface area contributed by atoms with Crippen molar-refractivity contribution in [1.82, 2.24) is 0 Å². The molecule has 89 valence electrons. The fourth-order valence-electron chi connectivity index (χ4n) is 1.57. The third-order valence-electron chi connectivity index (χ3n) is 2.53. The van der Waals surface area contributed by atoms with E-state index in [1.165, 1.54) is 45.9 Å². The fourth-order valence-corrected chi connectivity index (χ4v) is 9.70. The van der Waals surface area contributed by atoms with Gasteiger partial charge in [0.05, 0.1) is 0 Å². The number of ether oxygens (including phenoxy) is 1. The summed E-state index contributed by atoms with van der Waals surface area (Å²) in [5.41, 5.74) is 0. The molecule has 0 aromatic carbocycles. The molecule has 0 heterocycles. The molecule has 15 heavy (non-hydrogen) atoms. The molecule has 0 saturated heterocycles. The van der Waals surface area contributed by atoms with Crippen LogP contribution in [-0.4, -0.2) is 32.3 Å². The summed E-state index contributed by atoms with van der Waals surface area (Å²) in [4.78, 5) is 10.7. The maximum absolute atomic E-state index is 10.7. The second kappa shape index (κ2) is 10.8. The first-order valence-corrected chi connectivity index (χ1v) is 12.2. The van der Waals surface area contributed by atoms with Gasteiger partial charge in [0.15, 0.2) is 0 Å². The predicted octanol–water partition coefficient (Wildman–Crippen LogP) is 3.64. The molecule has 0 aliphatic heterocycles. The third kappa shape index (κ3) is 10.5. The van der Waals surface area contributed by atoms with Gasteiger partial charge in [0, 0.05) is 0 Å². The van der Waals surface area contributed by atoms with Gasteiger partial charge in [-0.25, -0.2) is 0 Å². The minimum absolute atomic E-state index is 0.122. The van der Waals surface area contributed by atoms with Crippen molar-refractivity contribution in [2.45, 2.75) is 59.8 Å². The van der Waals surface area contributed by atoms with Crippen LogP contribution in [0.15, 0.2) is 0 Å². The van der Waals surface area contributed by atoms with Crippen LogP contribution in [0.1, 0.15) is 46.5 Å². The van der Waals surface area contributed by atoms with E-state index >= 15 is 0 Å². The van der Waals surface area contributed by atoms with Gasteiger partial charge in [-0.05, 0) is 0 Å². The number of esters is 1. The Kier molecular flexibility index (Phi) is 11.0. The van der Waals surface area contributed by atoms with Crippen molar-refractivity contribution in [1.29, 1.82) is 0 Å². The van der Waals surface area contributed by atoms with Gasteiger partial charge in [-0.2, -0.15) is 0 Å². The number of unbranched alkanes of at least 4 members (excludes halogenated alkanes) is 2. The standard InChI is InChI=1S/C4H7O2.2C4H9.Sn/c1-3-6-4(2)5;2*1-3-4-2;/h1,3H2,2H3;2*1,3-4H2,2H3;. The van der Waals surface area contributed by atoms with Crippen LogP contribution in [0.5, 0.6) is 0 Å². The monoisotopic (exact) mass is 321 g/mol.